The summed E-state index contributed by atoms with van der Waals surface area (Å²) in [6, 6.07) is 15.5. The highest BCUT2D eigenvalue weighted by molar-refractivity contribution is 5.86. The first-order chi connectivity index (χ1) is 16.7. The van der Waals surface area contributed by atoms with Crippen molar-refractivity contribution in [2.24, 2.45) is 0 Å². The largest absolute Gasteiger partial charge is 0.497 e. The van der Waals surface area contributed by atoms with Gasteiger partial charge in [-0.05, 0) is 71.1 Å². The van der Waals surface area contributed by atoms with E-state index < -0.39 is 23.5 Å². The van der Waals surface area contributed by atoms with E-state index in [0.29, 0.717) is 23.3 Å². The van der Waals surface area contributed by atoms with Gasteiger partial charge in [0.2, 0.25) is 0 Å². The van der Waals surface area contributed by atoms with Gasteiger partial charge in [0.25, 0.3) is 0 Å². The third kappa shape index (κ3) is 4.36. The summed E-state index contributed by atoms with van der Waals surface area (Å²) in [4.78, 5) is 12.7. The minimum absolute atomic E-state index is 0.00402. The van der Waals surface area contributed by atoms with Crippen LogP contribution in [0.5, 0.6) is 5.75 Å². The number of ether oxygens (including phenoxy) is 2. The van der Waals surface area contributed by atoms with Crippen LogP contribution in [0.2, 0.25) is 0 Å². The van der Waals surface area contributed by atoms with Gasteiger partial charge in [-0.2, -0.15) is 13.2 Å². The molecule has 1 aliphatic rings. The van der Waals surface area contributed by atoms with E-state index in [0.717, 1.165) is 12.1 Å². The number of hydrogen-bond acceptors (Lipinski definition) is 4. The Hall–Kier alpha value is -3.81. The number of esters is 1. The molecule has 1 unspecified atom stereocenters. The summed E-state index contributed by atoms with van der Waals surface area (Å²) >= 11 is 0. The summed E-state index contributed by atoms with van der Waals surface area (Å²) < 4.78 is 69.5. The van der Waals surface area contributed by atoms with Crippen LogP contribution in [0.4, 0.5) is 23.2 Å². The van der Waals surface area contributed by atoms with Gasteiger partial charge in [-0.1, -0.05) is 30.3 Å². The first-order valence-electron chi connectivity index (χ1n) is 10.8. The molecule has 35 heavy (non-hydrogen) atoms. The molecule has 1 heterocycles. The van der Waals surface area contributed by atoms with Crippen LogP contribution in [-0.4, -0.2) is 32.9 Å². The van der Waals surface area contributed by atoms with Crippen molar-refractivity contribution in [3.8, 4) is 5.75 Å². The zero-order valence-electron chi connectivity index (χ0n) is 19.1. The fraction of sp³-hybridized carbons (Fsp3) is 0.222. The minimum atomic E-state index is -4.74. The number of hydrogen-bond donors (Lipinski definition) is 0. The van der Waals surface area contributed by atoms with Crippen molar-refractivity contribution < 1.29 is 31.8 Å². The fourth-order valence-electron chi connectivity index (χ4n) is 4.59. The van der Waals surface area contributed by atoms with Crippen LogP contribution in [-0.2, 0) is 21.5 Å². The van der Waals surface area contributed by atoms with Crippen molar-refractivity contribution in [1.82, 2.24) is 0 Å². The Morgan fingerprint density at radius 2 is 1.69 bits per heavy atom. The second-order valence-corrected chi connectivity index (χ2v) is 8.09. The molecule has 0 saturated carbocycles. The Bertz CT molecular complexity index is 1240. The highest BCUT2D eigenvalue weighted by Crippen LogP contribution is 2.53. The molecule has 182 valence electrons. The summed E-state index contributed by atoms with van der Waals surface area (Å²) in [7, 11) is 2.70. The van der Waals surface area contributed by atoms with Crippen molar-refractivity contribution in [3.63, 3.8) is 0 Å². The van der Waals surface area contributed by atoms with E-state index in [4.69, 9.17) is 4.74 Å². The summed E-state index contributed by atoms with van der Waals surface area (Å²) in [5.41, 5.74) is -1.14. The minimum Gasteiger partial charge on any atom is -0.497 e. The molecule has 0 amide bonds. The maximum atomic E-state index is 15.3. The van der Waals surface area contributed by atoms with Crippen LogP contribution in [0.25, 0.3) is 6.08 Å². The molecule has 0 aliphatic carbocycles. The second kappa shape index (κ2) is 9.44. The van der Waals surface area contributed by atoms with Crippen LogP contribution < -0.4 is 9.64 Å². The predicted octanol–water partition coefficient (Wildman–Crippen LogP) is 5.89. The number of fused-ring (bicyclic) bond motifs is 1. The first kappa shape index (κ1) is 24.3. The maximum Gasteiger partial charge on any atom is 0.420 e. The van der Waals surface area contributed by atoms with E-state index >= 15 is 13.2 Å². The van der Waals surface area contributed by atoms with Crippen LogP contribution in [0.1, 0.15) is 22.3 Å². The summed E-state index contributed by atoms with van der Waals surface area (Å²) in [6.45, 7) is 0.0509. The quantitative estimate of drug-likeness (QED) is 0.257. The molecule has 0 radical (unpaired) electrons. The van der Waals surface area contributed by atoms with Crippen molar-refractivity contribution in [2.75, 3.05) is 25.7 Å². The van der Waals surface area contributed by atoms with Crippen LogP contribution in [0.3, 0.4) is 0 Å². The number of methoxy groups -OCH3 is 2. The lowest BCUT2D eigenvalue weighted by Gasteiger charge is -2.50. The summed E-state index contributed by atoms with van der Waals surface area (Å²) in [5, 5.41) is 0. The fourth-order valence-corrected chi connectivity index (χ4v) is 4.59. The lowest BCUT2D eigenvalue weighted by Crippen LogP contribution is -2.60. The number of rotatable bonds is 5. The topological polar surface area (TPSA) is 38.8 Å². The van der Waals surface area contributed by atoms with Crippen molar-refractivity contribution >= 4 is 17.7 Å². The van der Waals surface area contributed by atoms with Gasteiger partial charge in [0, 0.05) is 18.3 Å². The summed E-state index contributed by atoms with van der Waals surface area (Å²) in [6.07, 6.45) is -1.73. The van der Waals surface area contributed by atoms with E-state index in [1.165, 1.54) is 79.8 Å². The molecule has 0 spiro atoms. The number of nitrogens with zero attached hydrogens (tertiary/aromatic N) is 1. The monoisotopic (exact) mass is 485 g/mol. The van der Waals surface area contributed by atoms with Gasteiger partial charge in [0.05, 0.1) is 14.2 Å². The molecule has 1 aliphatic heterocycles. The predicted molar refractivity (Wildman–Crippen MR) is 125 cm³/mol. The van der Waals surface area contributed by atoms with E-state index in [-0.39, 0.29) is 23.4 Å². The molecular formula is C27H23F4NO3. The van der Waals surface area contributed by atoms with E-state index in [1.807, 2.05) is 0 Å². The molecule has 3 aromatic carbocycles. The molecule has 0 fully saturated rings. The van der Waals surface area contributed by atoms with Gasteiger partial charge in [0.1, 0.15) is 11.6 Å². The second-order valence-electron chi connectivity index (χ2n) is 8.09. The van der Waals surface area contributed by atoms with Crippen molar-refractivity contribution in [3.05, 3.63) is 101 Å². The number of carbonyl (C=O) groups is 1. The Morgan fingerprint density at radius 3 is 2.29 bits per heavy atom. The van der Waals surface area contributed by atoms with Gasteiger partial charge >= 0.3 is 12.1 Å². The average molecular weight is 485 g/mol. The Labute approximate surface area is 200 Å². The summed E-state index contributed by atoms with van der Waals surface area (Å²) in [5.74, 6) is -0.632. The Kier molecular flexibility index (Phi) is 6.56. The van der Waals surface area contributed by atoms with E-state index in [9.17, 15) is 9.18 Å². The van der Waals surface area contributed by atoms with E-state index in [1.54, 1.807) is 6.07 Å². The van der Waals surface area contributed by atoms with Crippen LogP contribution in [0, 0.1) is 5.82 Å². The number of anilines is 1. The smallest absolute Gasteiger partial charge is 0.420 e. The average Bonchev–Trinajstić information content (AvgIpc) is 2.86. The highest BCUT2D eigenvalue weighted by atomic mass is 19.4. The lowest BCUT2D eigenvalue weighted by molar-refractivity contribution is -0.179. The van der Waals surface area contributed by atoms with Crippen LogP contribution in [0.15, 0.2) is 72.8 Å². The van der Waals surface area contributed by atoms with Gasteiger partial charge in [-0.15, -0.1) is 0 Å². The maximum absolute atomic E-state index is 15.3. The SMILES string of the molecule is COC(=O)/C=C/c1ccc(C2(C(F)(F)F)c3ccc(OC)cc3CCN2c2ccc(F)cc2)cc1. The van der Waals surface area contributed by atoms with Crippen LogP contribution >= 0.6 is 0 Å². The zero-order valence-corrected chi connectivity index (χ0v) is 19.1. The third-order valence-electron chi connectivity index (χ3n) is 6.20. The first-order valence-corrected chi connectivity index (χ1v) is 10.8. The van der Waals surface area contributed by atoms with Gasteiger partial charge < -0.3 is 14.4 Å². The number of alkyl halides is 3. The van der Waals surface area contributed by atoms with Crippen molar-refractivity contribution in [1.29, 1.82) is 0 Å². The molecule has 8 heteroatoms. The normalized spacial score (nSPS) is 17.8. The van der Waals surface area contributed by atoms with Crippen molar-refractivity contribution in [2.45, 2.75) is 18.1 Å². The number of benzene rings is 3. The number of carbonyl (C=O) groups excluding carboxylic acids is 1. The Morgan fingerprint density at radius 1 is 1.00 bits per heavy atom. The molecule has 4 rings (SSSR count). The number of halogens is 4. The molecule has 1 atom stereocenters. The lowest BCUT2D eigenvalue weighted by atomic mass is 9.74. The highest BCUT2D eigenvalue weighted by Gasteiger charge is 2.63. The van der Waals surface area contributed by atoms with E-state index in [2.05, 4.69) is 4.74 Å². The zero-order chi connectivity index (χ0) is 25.2. The molecule has 0 saturated heterocycles. The Balaban J connectivity index is 1.95. The van der Waals surface area contributed by atoms with Gasteiger partial charge in [-0.3, -0.25) is 0 Å². The molecule has 0 bridgehead atoms. The van der Waals surface area contributed by atoms with Gasteiger partial charge in [-0.25, -0.2) is 9.18 Å². The molecule has 4 nitrogen and oxygen atoms in total. The molecule has 3 aromatic rings. The third-order valence-corrected chi connectivity index (χ3v) is 6.20. The molecule has 0 aromatic heterocycles. The molecular weight excluding hydrogens is 462 g/mol. The molecule has 0 N–H and O–H groups in total. The van der Waals surface area contributed by atoms with Gasteiger partial charge in [0.15, 0.2) is 5.54 Å². The standard InChI is InChI=1S/C27H23F4NO3/c1-34-23-12-13-24-19(17-23)15-16-32(22-10-8-21(28)9-11-22)26(24,27(29,30)31)20-6-3-18(4-7-20)5-14-25(33)35-2/h3-14,17H,15-16H2,1-2H3/b14-5+.